The van der Waals surface area contributed by atoms with E-state index in [1.165, 1.54) is 0 Å². The van der Waals surface area contributed by atoms with Gasteiger partial charge in [-0.3, -0.25) is 9.36 Å². The lowest BCUT2D eigenvalue weighted by Crippen LogP contribution is -2.17. The summed E-state index contributed by atoms with van der Waals surface area (Å²) in [5.74, 6) is -0.749. The van der Waals surface area contributed by atoms with E-state index < -0.39 is 19.9 Å². The third kappa shape index (κ3) is 6.06. The highest BCUT2D eigenvalue weighted by Crippen LogP contribution is 2.33. The van der Waals surface area contributed by atoms with Crippen molar-refractivity contribution in [3.05, 3.63) is 12.2 Å². The molecule has 0 atom stereocenters. The van der Waals surface area contributed by atoms with Crippen molar-refractivity contribution in [3.8, 4) is 0 Å². The van der Waals surface area contributed by atoms with Crippen molar-refractivity contribution < 1.29 is 23.9 Å². The molecule has 0 aliphatic carbocycles. The predicted molar refractivity (Wildman–Crippen MR) is 41.2 cm³/mol. The third-order valence-corrected chi connectivity index (χ3v) is 1.40. The Hall–Kier alpha value is -0.680. The van der Waals surface area contributed by atoms with Crippen molar-refractivity contribution >= 4 is 13.5 Å². The van der Waals surface area contributed by atoms with Crippen LogP contribution < -0.4 is 5.73 Å². The Morgan fingerprint density at radius 2 is 2.08 bits per heavy atom. The fraction of sp³-hybridized carbons (Fsp3) is 0.400. The molecule has 0 saturated heterocycles. The van der Waals surface area contributed by atoms with E-state index in [4.69, 9.17) is 15.5 Å². The first-order valence-corrected chi connectivity index (χ1v) is 4.72. The van der Waals surface area contributed by atoms with Gasteiger partial charge in [-0.1, -0.05) is 6.58 Å². The lowest BCUT2D eigenvalue weighted by Gasteiger charge is -2.05. The van der Waals surface area contributed by atoms with Gasteiger partial charge in [-0.15, -0.1) is 0 Å². The van der Waals surface area contributed by atoms with Crippen LogP contribution in [0.1, 0.15) is 0 Å². The van der Waals surface area contributed by atoms with Gasteiger partial charge in [-0.05, 0) is 0 Å². The Labute approximate surface area is 69.2 Å². The average Bonchev–Trinajstić information content (AvgIpc) is 1.84. The van der Waals surface area contributed by atoms with Crippen LogP contribution in [-0.4, -0.2) is 28.6 Å². The van der Waals surface area contributed by atoms with Gasteiger partial charge in [0.25, 0.3) is 0 Å². The molecule has 0 fully saturated rings. The number of hydrogen-bond acceptors (Lipinski definition) is 3. The van der Waals surface area contributed by atoms with Gasteiger partial charge in [0.2, 0.25) is 5.91 Å². The Bertz CT molecular complexity index is 232. The fourth-order valence-electron chi connectivity index (χ4n) is 0.359. The minimum atomic E-state index is -4.17. The molecular formula is C5H10NO5P. The highest BCUT2D eigenvalue weighted by Gasteiger charge is 2.13. The molecule has 0 aromatic rings. The second-order valence-corrected chi connectivity index (χ2v) is 3.70. The Morgan fingerprint density at radius 1 is 1.58 bits per heavy atom. The van der Waals surface area contributed by atoms with Gasteiger partial charge < -0.3 is 20.3 Å². The van der Waals surface area contributed by atoms with E-state index in [9.17, 15) is 9.36 Å². The minimum Gasteiger partial charge on any atom is -0.366 e. The highest BCUT2D eigenvalue weighted by atomic mass is 31.2. The summed E-state index contributed by atoms with van der Waals surface area (Å²) in [6.07, 6.45) is -0.737. The Balaban J connectivity index is 3.65. The molecule has 0 heterocycles. The summed E-state index contributed by atoms with van der Waals surface area (Å²) in [6.45, 7) is 2.96. The highest BCUT2D eigenvalue weighted by molar-refractivity contribution is 7.51. The summed E-state index contributed by atoms with van der Waals surface area (Å²) >= 11 is 0. The van der Waals surface area contributed by atoms with Gasteiger partial charge in [-0.2, -0.15) is 0 Å². The zero-order valence-corrected chi connectivity index (χ0v) is 7.16. The van der Waals surface area contributed by atoms with Crippen molar-refractivity contribution in [2.24, 2.45) is 5.73 Å². The molecule has 0 unspecified atom stereocenters. The van der Waals surface area contributed by atoms with E-state index in [2.05, 4.69) is 11.3 Å². The van der Waals surface area contributed by atoms with Crippen LogP contribution in [0.25, 0.3) is 0 Å². The van der Waals surface area contributed by atoms with Crippen LogP contribution in [0.5, 0.6) is 0 Å². The first-order chi connectivity index (χ1) is 5.33. The van der Waals surface area contributed by atoms with E-state index in [1.54, 1.807) is 0 Å². The van der Waals surface area contributed by atoms with E-state index in [1.807, 2.05) is 0 Å². The van der Waals surface area contributed by atoms with Gasteiger partial charge in [0, 0.05) is 5.57 Å². The smallest absolute Gasteiger partial charge is 0.350 e. The molecule has 1 amide bonds. The zero-order chi connectivity index (χ0) is 9.78. The van der Waals surface area contributed by atoms with Crippen molar-refractivity contribution in [1.82, 2.24) is 0 Å². The second kappa shape index (κ2) is 4.37. The van der Waals surface area contributed by atoms with Crippen LogP contribution in [0.4, 0.5) is 0 Å². The quantitative estimate of drug-likeness (QED) is 0.392. The molecule has 0 aliphatic rings. The number of nitrogens with two attached hydrogens (primary N) is 1. The SMILES string of the molecule is C=C(COCP(=O)(O)O)C(N)=O. The standard InChI is InChI=1S/C5H10NO5P/c1-4(5(6)7)2-11-3-12(8,9)10/h1-3H2,(H2,6,7)(H2,8,9,10). The Morgan fingerprint density at radius 3 is 2.42 bits per heavy atom. The first kappa shape index (κ1) is 11.3. The van der Waals surface area contributed by atoms with E-state index in [-0.39, 0.29) is 12.2 Å². The number of carbonyl (C=O) groups excluding carboxylic acids is 1. The maximum absolute atomic E-state index is 10.3. The molecule has 0 aliphatic heterocycles. The number of amides is 1. The van der Waals surface area contributed by atoms with Crippen molar-refractivity contribution in [3.63, 3.8) is 0 Å². The molecule has 0 saturated carbocycles. The zero-order valence-electron chi connectivity index (χ0n) is 6.27. The lowest BCUT2D eigenvalue weighted by molar-refractivity contribution is -0.115. The van der Waals surface area contributed by atoms with Crippen molar-refractivity contribution in [1.29, 1.82) is 0 Å². The van der Waals surface area contributed by atoms with Gasteiger partial charge in [0.05, 0.1) is 6.61 Å². The second-order valence-electron chi connectivity index (χ2n) is 2.11. The summed E-state index contributed by atoms with van der Waals surface area (Å²) in [7, 11) is -4.17. The molecule has 6 nitrogen and oxygen atoms in total. The number of carbonyl (C=O) groups is 1. The average molecular weight is 195 g/mol. The molecule has 7 heteroatoms. The molecule has 12 heavy (non-hydrogen) atoms. The summed E-state index contributed by atoms with van der Waals surface area (Å²) in [4.78, 5) is 26.9. The molecule has 4 N–H and O–H groups in total. The van der Waals surface area contributed by atoms with Crippen molar-refractivity contribution in [2.75, 3.05) is 13.0 Å². The number of ether oxygens (including phenoxy) is 1. The van der Waals surface area contributed by atoms with Crippen LogP contribution in [0, 0.1) is 0 Å². The normalized spacial score (nSPS) is 11.2. The van der Waals surface area contributed by atoms with Crippen LogP contribution in [0.2, 0.25) is 0 Å². The third-order valence-electron chi connectivity index (χ3n) is 0.884. The van der Waals surface area contributed by atoms with Crippen LogP contribution in [0.15, 0.2) is 12.2 Å². The van der Waals surface area contributed by atoms with E-state index in [0.717, 1.165) is 0 Å². The van der Waals surface area contributed by atoms with Gasteiger partial charge in [-0.25, -0.2) is 0 Å². The van der Waals surface area contributed by atoms with E-state index >= 15 is 0 Å². The lowest BCUT2D eigenvalue weighted by atomic mass is 10.3. The Kier molecular flexibility index (Phi) is 4.12. The largest absolute Gasteiger partial charge is 0.366 e. The maximum Gasteiger partial charge on any atom is 0.350 e. The molecule has 0 spiro atoms. The number of hydrogen-bond donors (Lipinski definition) is 3. The first-order valence-electron chi connectivity index (χ1n) is 2.93. The van der Waals surface area contributed by atoms with E-state index in [0.29, 0.717) is 0 Å². The molecule has 0 rings (SSSR count). The molecule has 70 valence electrons. The van der Waals surface area contributed by atoms with Gasteiger partial charge in [0.15, 0.2) is 0 Å². The summed E-state index contributed by atoms with van der Waals surface area (Å²) < 4.78 is 14.7. The van der Waals surface area contributed by atoms with Crippen LogP contribution in [-0.2, 0) is 14.1 Å². The predicted octanol–water partition coefficient (Wildman–Crippen LogP) is -0.820. The summed E-state index contributed by atoms with van der Waals surface area (Å²) in [6, 6.07) is 0. The van der Waals surface area contributed by atoms with Crippen LogP contribution >= 0.6 is 7.60 Å². The van der Waals surface area contributed by atoms with Gasteiger partial charge in [0.1, 0.15) is 6.35 Å². The minimum absolute atomic E-state index is 0.0246. The molecule has 0 aromatic carbocycles. The molecule has 0 bridgehead atoms. The van der Waals surface area contributed by atoms with Crippen molar-refractivity contribution in [2.45, 2.75) is 0 Å². The molecular weight excluding hydrogens is 185 g/mol. The number of rotatable bonds is 5. The molecule has 0 aromatic heterocycles. The van der Waals surface area contributed by atoms with Crippen LogP contribution in [0.3, 0.4) is 0 Å². The number of primary amides is 1. The fourth-order valence-corrected chi connectivity index (χ4v) is 0.688. The topological polar surface area (TPSA) is 110 Å². The monoisotopic (exact) mass is 195 g/mol. The summed E-state index contributed by atoms with van der Waals surface area (Å²) in [5.41, 5.74) is 4.75. The summed E-state index contributed by atoms with van der Waals surface area (Å²) in [5, 5.41) is 0. The molecule has 0 radical (unpaired) electrons. The maximum atomic E-state index is 10.3. The van der Waals surface area contributed by atoms with Gasteiger partial charge >= 0.3 is 7.60 Å².